The van der Waals surface area contributed by atoms with Gasteiger partial charge in [-0.2, -0.15) is 0 Å². The van der Waals surface area contributed by atoms with Crippen LogP contribution in [0.15, 0.2) is 36.4 Å². The number of nitrogens with zero attached hydrogens (tertiary/aromatic N) is 3. The van der Waals surface area contributed by atoms with Gasteiger partial charge in [0.1, 0.15) is 17.3 Å². The zero-order chi connectivity index (χ0) is 26.5. The number of rotatable bonds is 7. The van der Waals surface area contributed by atoms with Crippen LogP contribution in [0.4, 0.5) is 9.18 Å². The number of phenols is 1. The number of methoxy groups -OCH3 is 1. The second kappa shape index (κ2) is 9.12. The van der Waals surface area contributed by atoms with Gasteiger partial charge in [0.25, 0.3) is 5.91 Å². The Labute approximate surface area is 214 Å². The molecule has 0 saturated carbocycles. The van der Waals surface area contributed by atoms with Crippen molar-refractivity contribution in [3.05, 3.63) is 59.0 Å². The topological polar surface area (TPSA) is 89.1 Å². The maximum Gasteiger partial charge on any atom is 0.328 e. The highest BCUT2D eigenvalue weighted by Gasteiger charge is 2.60. The van der Waals surface area contributed by atoms with Crippen LogP contribution in [-0.2, 0) is 11.2 Å². The van der Waals surface area contributed by atoms with Crippen LogP contribution < -0.4 is 4.74 Å². The minimum atomic E-state index is -1.17. The molecule has 0 aliphatic carbocycles. The molecular weight excluding hydrogens is 475 g/mol. The molecule has 3 amide bonds. The van der Waals surface area contributed by atoms with Gasteiger partial charge in [-0.05, 0) is 49.7 Å². The first-order chi connectivity index (χ1) is 17.7. The van der Waals surface area contributed by atoms with Crippen molar-refractivity contribution < 1.29 is 23.8 Å². The maximum absolute atomic E-state index is 14.5. The molecule has 1 saturated heterocycles. The summed E-state index contributed by atoms with van der Waals surface area (Å²) in [5.74, 6) is 1.94. The molecule has 3 aromatic rings. The number of imide groups is 1. The van der Waals surface area contributed by atoms with Crippen molar-refractivity contribution in [2.75, 3.05) is 33.8 Å². The second-order valence-electron chi connectivity index (χ2n) is 9.90. The number of benzene rings is 2. The molecule has 2 atom stereocenters. The molecule has 3 heterocycles. The van der Waals surface area contributed by atoms with Gasteiger partial charge in [-0.3, -0.25) is 19.5 Å². The Hall–Kier alpha value is -4.03. The number of terminal acetylenes is 1. The highest BCUT2D eigenvalue weighted by Crippen LogP contribution is 2.49. The number of hydrogen-bond donors (Lipinski definition) is 2. The summed E-state index contributed by atoms with van der Waals surface area (Å²) >= 11 is 0. The number of amides is 3. The number of aromatic hydroxyl groups is 1. The van der Waals surface area contributed by atoms with Gasteiger partial charge in [-0.15, -0.1) is 6.42 Å². The molecule has 2 aliphatic rings. The van der Waals surface area contributed by atoms with Crippen molar-refractivity contribution >= 4 is 22.8 Å². The fourth-order valence-corrected chi connectivity index (χ4v) is 5.65. The van der Waals surface area contributed by atoms with Crippen molar-refractivity contribution in [2.24, 2.45) is 0 Å². The van der Waals surface area contributed by atoms with Gasteiger partial charge in [0.2, 0.25) is 0 Å². The van der Waals surface area contributed by atoms with Gasteiger partial charge >= 0.3 is 6.03 Å². The Balaban J connectivity index is 1.61. The van der Waals surface area contributed by atoms with E-state index in [1.807, 2.05) is 18.0 Å². The van der Waals surface area contributed by atoms with Gasteiger partial charge in [0.05, 0.1) is 13.7 Å². The molecule has 2 aliphatic heterocycles. The summed E-state index contributed by atoms with van der Waals surface area (Å²) in [6, 6.07) is 8.54. The van der Waals surface area contributed by atoms with Crippen molar-refractivity contribution in [1.29, 1.82) is 0 Å². The number of ether oxygens (including phenoxy) is 1. The fraction of sp³-hybridized carbons (Fsp3) is 0.357. The summed E-state index contributed by atoms with van der Waals surface area (Å²) in [4.78, 5) is 35.8. The average molecular weight is 505 g/mol. The minimum absolute atomic E-state index is 0.0431. The van der Waals surface area contributed by atoms with Crippen molar-refractivity contribution in [3.63, 3.8) is 0 Å². The molecule has 2 N–H and O–H groups in total. The lowest BCUT2D eigenvalue weighted by Gasteiger charge is -2.42. The summed E-state index contributed by atoms with van der Waals surface area (Å²) in [6.45, 7) is 3.16. The smallest absolute Gasteiger partial charge is 0.328 e. The largest absolute Gasteiger partial charge is 0.508 e. The first-order valence-electron chi connectivity index (χ1n) is 12.1. The molecule has 0 unspecified atom stereocenters. The van der Waals surface area contributed by atoms with Gasteiger partial charge in [-0.1, -0.05) is 18.1 Å². The molecule has 0 spiro atoms. The average Bonchev–Trinajstić information content (AvgIpc) is 3.29. The van der Waals surface area contributed by atoms with Gasteiger partial charge in [0, 0.05) is 42.2 Å². The highest BCUT2D eigenvalue weighted by molar-refractivity contribution is 6.08. The van der Waals surface area contributed by atoms with E-state index in [0.29, 0.717) is 36.3 Å². The standard InChI is InChI=1S/C28H29FN4O4/c1-5-10-31(3)11-7-12-32-26(35)28(2)16-20-19-14-23(37-4)21(29)15-22(19)30-24(20)25(33(28)27(32)36)17-8-6-9-18(34)13-17/h1,6,8-9,13-15,25,30,34H,7,10-12,16H2,2-4H3/t25-,28+/m1/s1. The maximum atomic E-state index is 14.5. The summed E-state index contributed by atoms with van der Waals surface area (Å²) in [5.41, 5.74) is 1.52. The number of carbonyl (C=O) groups excluding carboxylic acids is 2. The third-order valence-electron chi connectivity index (χ3n) is 7.41. The van der Waals surface area contributed by atoms with Crippen LogP contribution >= 0.6 is 0 Å². The SMILES string of the molecule is C#CCN(C)CCCN1C(=O)N2[C@H](c3cccc(O)c3)c3[nH]c4cc(F)c(OC)cc4c3C[C@@]2(C)C1=O. The first kappa shape index (κ1) is 24.7. The number of halogens is 1. The lowest BCUT2D eigenvalue weighted by atomic mass is 9.81. The number of H-pyrrole nitrogens is 1. The lowest BCUT2D eigenvalue weighted by Crippen LogP contribution is -2.53. The number of phenolic OH excluding ortho intramolecular Hbond substituents is 1. The van der Waals surface area contributed by atoms with E-state index >= 15 is 0 Å². The number of aromatic nitrogens is 1. The molecule has 2 aromatic carbocycles. The Morgan fingerprint density at radius 1 is 1.32 bits per heavy atom. The molecule has 1 aromatic heterocycles. The highest BCUT2D eigenvalue weighted by atomic mass is 19.1. The second-order valence-corrected chi connectivity index (χ2v) is 9.90. The van der Waals surface area contributed by atoms with E-state index in [-0.39, 0.29) is 30.4 Å². The summed E-state index contributed by atoms with van der Waals surface area (Å²) in [5, 5.41) is 11.0. The number of carbonyl (C=O) groups is 2. The third-order valence-corrected chi connectivity index (χ3v) is 7.41. The van der Waals surface area contributed by atoms with Crippen LogP contribution in [-0.4, -0.2) is 76.1 Å². The van der Waals surface area contributed by atoms with E-state index in [9.17, 15) is 19.1 Å². The number of hydrogen-bond acceptors (Lipinski definition) is 5. The van der Waals surface area contributed by atoms with E-state index in [1.165, 1.54) is 18.1 Å². The first-order valence-corrected chi connectivity index (χ1v) is 12.1. The molecular formula is C28H29FN4O4. The Bertz CT molecular complexity index is 1440. The Kier molecular flexibility index (Phi) is 6.08. The van der Waals surface area contributed by atoms with Crippen molar-refractivity contribution in [3.8, 4) is 23.8 Å². The van der Waals surface area contributed by atoms with E-state index in [2.05, 4.69) is 10.9 Å². The molecule has 0 radical (unpaired) electrons. The Morgan fingerprint density at radius 2 is 2.11 bits per heavy atom. The minimum Gasteiger partial charge on any atom is -0.508 e. The van der Waals surface area contributed by atoms with E-state index in [4.69, 9.17) is 11.2 Å². The summed E-state index contributed by atoms with van der Waals surface area (Å²) < 4.78 is 19.8. The number of fused-ring (bicyclic) bond motifs is 4. The van der Waals surface area contributed by atoms with Crippen molar-refractivity contribution in [1.82, 2.24) is 19.7 Å². The van der Waals surface area contributed by atoms with Crippen LogP contribution in [0, 0.1) is 18.2 Å². The molecule has 1 fully saturated rings. The summed E-state index contributed by atoms with van der Waals surface area (Å²) in [6.07, 6.45) is 6.22. The number of urea groups is 1. The third kappa shape index (κ3) is 3.89. The van der Waals surface area contributed by atoms with Crippen LogP contribution in [0.3, 0.4) is 0 Å². The van der Waals surface area contributed by atoms with E-state index in [1.54, 1.807) is 36.1 Å². The Morgan fingerprint density at radius 3 is 2.81 bits per heavy atom. The quantitative estimate of drug-likeness (QED) is 0.379. The number of aromatic amines is 1. The van der Waals surface area contributed by atoms with Gasteiger partial charge in [-0.25, -0.2) is 9.18 Å². The van der Waals surface area contributed by atoms with Crippen molar-refractivity contribution in [2.45, 2.75) is 31.3 Å². The fourth-order valence-electron chi connectivity index (χ4n) is 5.65. The normalized spacial score (nSPS) is 20.9. The molecule has 5 rings (SSSR count). The zero-order valence-corrected chi connectivity index (χ0v) is 21.0. The zero-order valence-electron chi connectivity index (χ0n) is 21.0. The molecule has 192 valence electrons. The van der Waals surface area contributed by atoms with Gasteiger partial charge in [0.15, 0.2) is 11.6 Å². The van der Waals surface area contributed by atoms with Crippen LogP contribution in [0.5, 0.6) is 11.5 Å². The van der Waals surface area contributed by atoms with E-state index < -0.39 is 23.4 Å². The molecule has 0 bridgehead atoms. The lowest BCUT2D eigenvalue weighted by molar-refractivity contribution is -0.133. The van der Waals surface area contributed by atoms with Crippen LogP contribution in [0.1, 0.15) is 36.2 Å². The number of nitrogens with one attached hydrogen (secondary N) is 1. The van der Waals surface area contributed by atoms with Crippen LogP contribution in [0.25, 0.3) is 10.9 Å². The summed E-state index contributed by atoms with van der Waals surface area (Å²) in [7, 11) is 3.30. The molecule has 37 heavy (non-hydrogen) atoms. The van der Waals surface area contributed by atoms with Gasteiger partial charge < -0.3 is 14.8 Å². The predicted molar refractivity (Wildman–Crippen MR) is 137 cm³/mol. The molecule has 8 nitrogen and oxygen atoms in total. The van der Waals surface area contributed by atoms with Crippen LogP contribution in [0.2, 0.25) is 0 Å². The monoisotopic (exact) mass is 504 g/mol. The predicted octanol–water partition coefficient (Wildman–Crippen LogP) is 3.64. The van der Waals surface area contributed by atoms with E-state index in [0.717, 1.165) is 10.9 Å². The molecule has 9 heteroatoms.